The van der Waals surface area contributed by atoms with Crippen molar-refractivity contribution in [3.63, 3.8) is 0 Å². The van der Waals surface area contributed by atoms with Crippen molar-refractivity contribution in [2.75, 3.05) is 0 Å². The third kappa shape index (κ3) is 1.29. The molecule has 0 aromatic heterocycles. The quantitative estimate of drug-likeness (QED) is 0.783. The third-order valence-electron chi connectivity index (χ3n) is 4.92. The van der Waals surface area contributed by atoms with Crippen LogP contribution in [0, 0.1) is 40.9 Å². The van der Waals surface area contributed by atoms with Crippen LogP contribution in [-0.4, -0.2) is 11.9 Å². The fraction of sp³-hybridized carbons (Fsp3) is 0.846. The Hall–Kier alpha value is -1.04. The molecule has 2 bridgehead atoms. The zero-order chi connectivity index (χ0) is 11.3. The smallest absolute Gasteiger partial charge is 0.224 e. The molecule has 3 aliphatic carbocycles. The van der Waals surface area contributed by atoms with Gasteiger partial charge in [-0.1, -0.05) is 6.92 Å². The number of rotatable bonds is 3. The molecule has 3 fully saturated rings. The summed E-state index contributed by atoms with van der Waals surface area (Å²) in [5.74, 6) is 3.42. The summed E-state index contributed by atoms with van der Waals surface area (Å²) in [4.78, 5) is 12.0. The van der Waals surface area contributed by atoms with Crippen LogP contribution < -0.4 is 5.32 Å². The number of nitrogens with zero attached hydrogens (tertiary/aromatic N) is 1. The van der Waals surface area contributed by atoms with E-state index in [-0.39, 0.29) is 17.9 Å². The van der Waals surface area contributed by atoms with Crippen LogP contribution in [0.2, 0.25) is 0 Å². The molecule has 0 spiro atoms. The fourth-order valence-corrected chi connectivity index (χ4v) is 4.17. The molecule has 0 radical (unpaired) electrons. The lowest BCUT2D eigenvalue weighted by Gasteiger charge is -2.12. The molecule has 86 valence electrons. The van der Waals surface area contributed by atoms with E-state index in [1.54, 1.807) is 0 Å². The highest BCUT2D eigenvalue weighted by Gasteiger charge is 2.67. The van der Waals surface area contributed by atoms with Gasteiger partial charge in [0.2, 0.25) is 5.91 Å². The molecule has 0 saturated heterocycles. The van der Waals surface area contributed by atoms with Gasteiger partial charge in [0.1, 0.15) is 6.04 Å². The van der Waals surface area contributed by atoms with Gasteiger partial charge in [-0.15, -0.1) is 0 Å². The number of amides is 1. The molecule has 0 aliphatic heterocycles. The minimum absolute atomic E-state index is 0.153. The van der Waals surface area contributed by atoms with Gasteiger partial charge in [-0.3, -0.25) is 4.79 Å². The third-order valence-corrected chi connectivity index (χ3v) is 4.92. The summed E-state index contributed by atoms with van der Waals surface area (Å²) in [5, 5.41) is 11.7. The Morgan fingerprint density at radius 3 is 2.56 bits per heavy atom. The maximum Gasteiger partial charge on any atom is 0.224 e. The fourth-order valence-electron chi connectivity index (χ4n) is 4.17. The van der Waals surface area contributed by atoms with Crippen LogP contribution in [0.1, 0.15) is 32.6 Å². The number of nitriles is 1. The maximum atomic E-state index is 12.0. The van der Waals surface area contributed by atoms with Gasteiger partial charge in [0.15, 0.2) is 0 Å². The second-order valence-corrected chi connectivity index (χ2v) is 5.61. The van der Waals surface area contributed by atoms with Gasteiger partial charge in [-0.25, -0.2) is 0 Å². The molecule has 1 amide bonds. The van der Waals surface area contributed by atoms with Crippen LogP contribution in [0.3, 0.4) is 0 Å². The van der Waals surface area contributed by atoms with Crippen molar-refractivity contribution in [2.24, 2.45) is 29.6 Å². The number of hydrogen-bond acceptors (Lipinski definition) is 2. The predicted molar refractivity (Wildman–Crippen MR) is 59.1 cm³/mol. The van der Waals surface area contributed by atoms with Gasteiger partial charge in [0.25, 0.3) is 0 Å². The first kappa shape index (κ1) is 10.1. The highest BCUT2D eigenvalue weighted by atomic mass is 16.2. The Morgan fingerprint density at radius 1 is 1.44 bits per heavy atom. The number of carbonyl (C=O) groups excluding carboxylic acids is 1. The molecule has 5 atom stereocenters. The first-order chi connectivity index (χ1) is 7.76. The molecule has 5 unspecified atom stereocenters. The molecule has 0 aromatic rings. The Kier molecular flexibility index (Phi) is 2.20. The van der Waals surface area contributed by atoms with Crippen molar-refractivity contribution >= 4 is 5.91 Å². The first-order valence-electron chi connectivity index (χ1n) is 6.46. The number of nitrogens with one attached hydrogen (secondary N) is 1. The lowest BCUT2D eigenvalue weighted by atomic mass is 10.0. The average molecular weight is 218 g/mol. The zero-order valence-electron chi connectivity index (χ0n) is 9.65. The lowest BCUT2D eigenvalue weighted by molar-refractivity contribution is -0.123. The summed E-state index contributed by atoms with van der Waals surface area (Å²) in [6.45, 7) is 1.94. The van der Waals surface area contributed by atoms with Gasteiger partial charge in [0.05, 0.1) is 6.07 Å². The summed E-state index contributed by atoms with van der Waals surface area (Å²) in [6.07, 6.45) is 4.75. The minimum Gasteiger partial charge on any atom is -0.340 e. The molecule has 3 rings (SSSR count). The van der Waals surface area contributed by atoms with Crippen LogP contribution in [0.5, 0.6) is 0 Å². The van der Waals surface area contributed by atoms with Crippen LogP contribution in [-0.2, 0) is 4.79 Å². The molecule has 1 N–H and O–H groups in total. The average Bonchev–Trinajstić information content (AvgIpc) is 2.75. The molecule has 0 heterocycles. The molecule has 16 heavy (non-hydrogen) atoms. The Bertz CT molecular complexity index is 343. The molecular formula is C13H18N2O. The summed E-state index contributed by atoms with van der Waals surface area (Å²) >= 11 is 0. The van der Waals surface area contributed by atoms with Gasteiger partial charge in [0, 0.05) is 5.92 Å². The van der Waals surface area contributed by atoms with Crippen LogP contribution >= 0.6 is 0 Å². The monoisotopic (exact) mass is 218 g/mol. The summed E-state index contributed by atoms with van der Waals surface area (Å²) in [7, 11) is 0. The van der Waals surface area contributed by atoms with E-state index in [1.807, 2.05) is 6.92 Å². The molecule has 3 heteroatoms. The van der Waals surface area contributed by atoms with Crippen molar-refractivity contribution in [2.45, 2.75) is 38.6 Å². The van der Waals surface area contributed by atoms with E-state index < -0.39 is 0 Å². The van der Waals surface area contributed by atoms with Gasteiger partial charge in [-0.05, 0) is 49.4 Å². The largest absolute Gasteiger partial charge is 0.340 e. The second kappa shape index (κ2) is 3.48. The maximum absolute atomic E-state index is 12.0. The highest BCUT2D eigenvalue weighted by Crippen LogP contribution is 2.69. The van der Waals surface area contributed by atoms with Crippen molar-refractivity contribution in [1.82, 2.24) is 5.32 Å². The van der Waals surface area contributed by atoms with E-state index in [2.05, 4.69) is 11.4 Å². The Balaban J connectivity index is 1.61. The summed E-state index contributed by atoms with van der Waals surface area (Å²) in [5.41, 5.74) is 0. The summed E-state index contributed by atoms with van der Waals surface area (Å²) in [6, 6.07) is 1.85. The van der Waals surface area contributed by atoms with Crippen LogP contribution in [0.25, 0.3) is 0 Å². The molecular weight excluding hydrogens is 200 g/mol. The molecule has 3 nitrogen and oxygen atoms in total. The van der Waals surface area contributed by atoms with E-state index in [0.29, 0.717) is 18.3 Å². The van der Waals surface area contributed by atoms with Crippen molar-refractivity contribution in [1.29, 1.82) is 5.26 Å². The van der Waals surface area contributed by atoms with Crippen molar-refractivity contribution in [3.8, 4) is 6.07 Å². The van der Waals surface area contributed by atoms with E-state index in [1.165, 1.54) is 19.3 Å². The zero-order valence-corrected chi connectivity index (χ0v) is 9.65. The highest BCUT2D eigenvalue weighted by molar-refractivity contribution is 5.83. The number of carbonyl (C=O) groups is 1. The van der Waals surface area contributed by atoms with Gasteiger partial charge < -0.3 is 5.32 Å². The van der Waals surface area contributed by atoms with E-state index >= 15 is 0 Å². The standard InChI is InChI=1S/C13H18N2O/c1-2-9(6-14)15-13(16)12-10-7-3-4-8(5-7)11(10)12/h7-12H,2-5H2,1H3,(H,15,16). The van der Waals surface area contributed by atoms with E-state index in [0.717, 1.165) is 11.8 Å². The van der Waals surface area contributed by atoms with Crippen molar-refractivity contribution < 1.29 is 4.79 Å². The molecule has 0 aromatic carbocycles. The van der Waals surface area contributed by atoms with E-state index in [9.17, 15) is 4.79 Å². The van der Waals surface area contributed by atoms with Crippen LogP contribution in [0.4, 0.5) is 0 Å². The Labute approximate surface area is 96.2 Å². The van der Waals surface area contributed by atoms with E-state index in [4.69, 9.17) is 5.26 Å². The van der Waals surface area contributed by atoms with Crippen molar-refractivity contribution in [3.05, 3.63) is 0 Å². The SMILES string of the molecule is CCC(C#N)NC(=O)C1C2C3CCC(C3)C12. The first-order valence-corrected chi connectivity index (χ1v) is 6.46. The van der Waals surface area contributed by atoms with Gasteiger partial charge in [-0.2, -0.15) is 5.26 Å². The number of fused-ring (bicyclic) bond motifs is 5. The van der Waals surface area contributed by atoms with Crippen LogP contribution in [0.15, 0.2) is 0 Å². The molecule has 3 aliphatic rings. The van der Waals surface area contributed by atoms with Gasteiger partial charge >= 0.3 is 0 Å². The minimum atomic E-state index is -0.286. The number of hydrogen-bond donors (Lipinski definition) is 1. The lowest BCUT2D eigenvalue weighted by Crippen LogP contribution is -2.35. The topological polar surface area (TPSA) is 52.9 Å². The predicted octanol–water partition coefficient (Wildman–Crippen LogP) is 1.70. The Morgan fingerprint density at radius 2 is 2.06 bits per heavy atom. The second-order valence-electron chi connectivity index (χ2n) is 5.61. The summed E-state index contributed by atoms with van der Waals surface area (Å²) < 4.78 is 0. The molecule has 3 saturated carbocycles. The normalized spacial score (nSPS) is 44.6.